The van der Waals surface area contributed by atoms with Crippen LogP contribution in [-0.4, -0.2) is 25.3 Å². The highest BCUT2D eigenvalue weighted by molar-refractivity contribution is 7.21. The maximum absolute atomic E-state index is 6.77. The second-order valence-corrected chi connectivity index (χ2v) is 26.3. The van der Waals surface area contributed by atoms with Gasteiger partial charge in [0.15, 0.2) is 16.1 Å². The normalized spacial score (nSPS) is 13.0. The van der Waals surface area contributed by atoms with Crippen molar-refractivity contribution in [2.75, 3.05) is 0 Å². The van der Waals surface area contributed by atoms with Crippen LogP contribution in [-0.2, 0) is 0 Å². The first-order chi connectivity index (χ1) is 35.2. The van der Waals surface area contributed by atoms with Crippen LogP contribution in [0.5, 0.6) is 11.5 Å². The van der Waals surface area contributed by atoms with E-state index < -0.39 is 16.1 Å². The van der Waals surface area contributed by atoms with Crippen LogP contribution in [0, 0.1) is 0 Å². The van der Waals surface area contributed by atoms with Crippen LogP contribution in [0.25, 0.3) is 55.0 Å². The predicted octanol–water partition coefficient (Wildman–Crippen LogP) is 10.7. The third-order valence-electron chi connectivity index (χ3n) is 15.2. The predicted molar refractivity (Wildman–Crippen MR) is 302 cm³/mol. The molecule has 5 heteroatoms. The largest absolute Gasteiger partial charge is 0.458 e. The fourth-order valence-corrected chi connectivity index (χ4v) is 22.1. The van der Waals surface area contributed by atoms with E-state index in [1.54, 1.807) is 0 Å². The lowest BCUT2D eigenvalue weighted by atomic mass is 10.1. The SMILES string of the molecule is c1ccc([Si](c2ccccc2)(c2ccccc2)c2cccc(-n3c4ccccc4c4cccc(-n5c6ccccc6c6ccc([Si]7(c8ccccc8)c8ccccc8Oc8ccccc87)cc65)c43)c2)cc1. The molecule has 3 nitrogen and oxygen atoms in total. The molecule has 13 aromatic rings. The van der Waals surface area contributed by atoms with Gasteiger partial charge in [-0.15, -0.1) is 0 Å². The summed E-state index contributed by atoms with van der Waals surface area (Å²) in [5.41, 5.74) is 6.95. The molecule has 0 saturated carbocycles. The molecule has 0 spiro atoms. The average Bonchev–Trinajstić information content (AvgIpc) is 3.97. The molecule has 11 aromatic carbocycles. The highest BCUT2D eigenvalue weighted by Gasteiger charge is 2.48. The molecule has 2 aromatic heterocycles. The monoisotopic (exact) mass is 938 g/mol. The zero-order chi connectivity index (χ0) is 46.9. The van der Waals surface area contributed by atoms with Crippen molar-refractivity contribution in [3.8, 4) is 22.9 Å². The summed E-state index contributed by atoms with van der Waals surface area (Å²) in [5, 5.41) is 15.4. The van der Waals surface area contributed by atoms with Crippen molar-refractivity contribution in [2.45, 2.75) is 0 Å². The first-order valence-electron chi connectivity index (χ1n) is 24.5. The standard InChI is InChI=1S/C66H46N2OSi2/c1-5-24-48(25-6-1)70(49-26-7-2-8-27-49,50-28-9-3-10-29-50)52-32-21-23-47(45-52)67-58-36-15-14-34-55(58)57-35-22-38-60(66(57)67)68-59-37-16-13-33-54(59)56-44-43-53(46-61(56)68)71(51-30-11-4-12-31-51)64-41-19-17-39-62(64)69-63-40-18-20-42-65(63)71/h1-46H. The third-order valence-corrected chi connectivity index (χ3v) is 24.8. The Hall–Kier alpha value is -8.75. The Morgan fingerprint density at radius 3 is 1.39 bits per heavy atom. The average molecular weight is 939 g/mol. The van der Waals surface area contributed by atoms with E-state index in [4.69, 9.17) is 4.74 Å². The summed E-state index contributed by atoms with van der Waals surface area (Å²) in [5.74, 6) is 1.86. The van der Waals surface area contributed by atoms with E-state index in [9.17, 15) is 0 Å². The van der Waals surface area contributed by atoms with E-state index in [1.165, 1.54) is 85.1 Å². The fourth-order valence-electron chi connectivity index (χ4n) is 12.3. The number of rotatable bonds is 8. The molecule has 0 atom stereocenters. The van der Waals surface area contributed by atoms with Gasteiger partial charge in [-0.2, -0.15) is 0 Å². The Kier molecular flexibility index (Phi) is 9.56. The molecular weight excluding hydrogens is 893 g/mol. The number of aromatic nitrogens is 2. The second-order valence-electron chi connectivity index (χ2n) is 18.7. The Morgan fingerprint density at radius 2 is 0.775 bits per heavy atom. The lowest BCUT2D eigenvalue weighted by Gasteiger charge is -2.39. The quantitative estimate of drug-likeness (QED) is 0.110. The van der Waals surface area contributed by atoms with Crippen LogP contribution in [0.2, 0.25) is 0 Å². The molecule has 0 aliphatic carbocycles. The van der Waals surface area contributed by atoms with Crippen molar-refractivity contribution in [3.05, 3.63) is 279 Å². The van der Waals surface area contributed by atoms with E-state index in [1.807, 2.05) is 0 Å². The van der Waals surface area contributed by atoms with Gasteiger partial charge in [-0.05, 0) is 90.0 Å². The highest BCUT2D eigenvalue weighted by atomic mass is 28.3. The number of hydrogen-bond acceptors (Lipinski definition) is 1. The molecule has 0 radical (unpaired) electrons. The van der Waals surface area contributed by atoms with Crippen molar-refractivity contribution < 1.29 is 4.74 Å². The van der Waals surface area contributed by atoms with Gasteiger partial charge < -0.3 is 13.9 Å². The number of ether oxygens (including phenoxy) is 1. The summed E-state index contributed by atoms with van der Waals surface area (Å²) in [6, 6.07) is 104. The maximum atomic E-state index is 6.77. The fraction of sp³-hybridized carbons (Fsp3) is 0. The van der Waals surface area contributed by atoms with Crippen LogP contribution in [0.1, 0.15) is 0 Å². The molecule has 0 unspecified atom stereocenters. The number of nitrogens with zero attached hydrogens (tertiary/aromatic N) is 2. The van der Waals surface area contributed by atoms with E-state index in [2.05, 4.69) is 288 Å². The molecule has 0 fully saturated rings. The topological polar surface area (TPSA) is 19.1 Å². The Balaban J connectivity index is 1.07. The summed E-state index contributed by atoms with van der Waals surface area (Å²) in [6.45, 7) is 0. The van der Waals surface area contributed by atoms with Gasteiger partial charge in [0.05, 0.1) is 27.8 Å². The van der Waals surface area contributed by atoms with Gasteiger partial charge in [0, 0.05) is 27.2 Å². The summed E-state index contributed by atoms with van der Waals surface area (Å²) in [7, 11) is -5.81. The molecule has 3 heterocycles. The Bertz CT molecular complexity index is 4000. The van der Waals surface area contributed by atoms with Crippen molar-refractivity contribution in [3.63, 3.8) is 0 Å². The van der Waals surface area contributed by atoms with Gasteiger partial charge >= 0.3 is 0 Å². The Morgan fingerprint density at radius 1 is 0.310 bits per heavy atom. The third kappa shape index (κ3) is 6.07. The minimum Gasteiger partial charge on any atom is -0.458 e. The molecule has 0 N–H and O–H groups in total. The van der Waals surface area contributed by atoms with Crippen molar-refractivity contribution in [2.24, 2.45) is 0 Å². The minimum absolute atomic E-state index is 0.928. The molecule has 1 aliphatic heterocycles. The molecule has 1 aliphatic rings. The van der Waals surface area contributed by atoms with Crippen LogP contribution < -0.4 is 46.2 Å². The summed E-state index contributed by atoms with van der Waals surface area (Å²) < 4.78 is 11.9. The molecule has 0 amide bonds. The zero-order valence-corrected chi connectivity index (χ0v) is 40.9. The van der Waals surface area contributed by atoms with Crippen LogP contribution in [0.3, 0.4) is 0 Å². The van der Waals surface area contributed by atoms with E-state index in [0.717, 1.165) is 22.9 Å². The first kappa shape index (κ1) is 41.2. The molecule has 14 rings (SSSR count). The number of benzene rings is 11. The number of fused-ring (bicyclic) bond motifs is 8. The van der Waals surface area contributed by atoms with Crippen molar-refractivity contribution in [1.29, 1.82) is 0 Å². The molecule has 71 heavy (non-hydrogen) atoms. The van der Waals surface area contributed by atoms with E-state index >= 15 is 0 Å². The summed E-state index contributed by atoms with van der Waals surface area (Å²) in [6.07, 6.45) is 0. The van der Waals surface area contributed by atoms with Gasteiger partial charge in [0.2, 0.25) is 0 Å². The molecule has 0 bridgehead atoms. The maximum Gasteiger partial charge on any atom is 0.188 e. The van der Waals surface area contributed by atoms with Crippen molar-refractivity contribution in [1.82, 2.24) is 9.13 Å². The minimum atomic E-state index is -2.96. The molecular formula is C66H46N2OSi2. The lowest BCUT2D eigenvalue weighted by Crippen LogP contribution is -2.76. The van der Waals surface area contributed by atoms with E-state index in [0.29, 0.717) is 0 Å². The lowest BCUT2D eigenvalue weighted by molar-refractivity contribution is 0.487. The smallest absolute Gasteiger partial charge is 0.188 e. The second kappa shape index (κ2) is 16.5. The van der Waals surface area contributed by atoms with Gasteiger partial charge in [-0.25, -0.2) is 0 Å². The summed E-state index contributed by atoms with van der Waals surface area (Å²) in [4.78, 5) is 0. The van der Waals surface area contributed by atoms with Crippen LogP contribution >= 0.6 is 0 Å². The van der Waals surface area contributed by atoms with Crippen LogP contribution in [0.15, 0.2) is 279 Å². The van der Waals surface area contributed by atoms with Crippen LogP contribution in [0.4, 0.5) is 0 Å². The zero-order valence-electron chi connectivity index (χ0n) is 38.9. The number of para-hydroxylation sites is 5. The van der Waals surface area contributed by atoms with Gasteiger partial charge in [-0.3, -0.25) is 0 Å². The van der Waals surface area contributed by atoms with E-state index in [-0.39, 0.29) is 0 Å². The van der Waals surface area contributed by atoms with Gasteiger partial charge in [0.25, 0.3) is 0 Å². The first-order valence-corrected chi connectivity index (χ1v) is 28.5. The van der Waals surface area contributed by atoms with Gasteiger partial charge in [-0.1, -0.05) is 231 Å². The Labute approximate surface area is 414 Å². The summed E-state index contributed by atoms with van der Waals surface area (Å²) >= 11 is 0. The number of hydrogen-bond donors (Lipinski definition) is 0. The molecule has 334 valence electrons. The molecule has 0 saturated heterocycles. The highest BCUT2D eigenvalue weighted by Crippen LogP contribution is 2.40. The van der Waals surface area contributed by atoms with Crippen molar-refractivity contribution >= 4 is 101 Å². The van der Waals surface area contributed by atoms with Gasteiger partial charge in [0.1, 0.15) is 11.5 Å².